The van der Waals surface area contributed by atoms with Gasteiger partial charge in [0.15, 0.2) is 11.5 Å². The molecule has 0 radical (unpaired) electrons. The number of urea groups is 1. The Balaban J connectivity index is 2.48. The first-order chi connectivity index (χ1) is 11.6. The highest BCUT2D eigenvalue weighted by molar-refractivity contribution is 5.74. The summed E-state index contributed by atoms with van der Waals surface area (Å²) in [6.07, 6.45) is 9.71. The molecule has 1 aromatic rings. The van der Waals surface area contributed by atoms with Crippen LogP contribution in [0.25, 0.3) is 0 Å². The molecule has 1 rings (SSSR count). The highest BCUT2D eigenvalue weighted by Gasteiger charge is 2.09. The molecule has 1 aromatic carbocycles. The number of hydrogen-bond acceptors (Lipinski definition) is 3. The molecule has 0 saturated carbocycles. The maximum absolute atomic E-state index is 11.9. The zero-order valence-electron chi connectivity index (χ0n) is 14.9. The van der Waals surface area contributed by atoms with E-state index in [1.54, 1.807) is 13.2 Å². The van der Waals surface area contributed by atoms with E-state index in [1.807, 2.05) is 19.1 Å². The van der Waals surface area contributed by atoms with E-state index in [9.17, 15) is 4.79 Å². The lowest BCUT2D eigenvalue weighted by molar-refractivity contribution is 0.236. The Morgan fingerprint density at radius 3 is 2.79 bits per heavy atom. The van der Waals surface area contributed by atoms with Gasteiger partial charge in [-0.25, -0.2) is 4.79 Å². The monoisotopic (exact) mass is 332 g/mol. The van der Waals surface area contributed by atoms with Gasteiger partial charge in [-0.15, -0.1) is 6.42 Å². The standard InChI is InChI=1S/C19H28N2O3/c1-5-7-8-9-15(3)21-19(22)20-14-16-10-11-17(23-4)18(13-16)24-12-6-2/h2,10-11,13,15H,5,7-9,12,14H2,1,3-4H3,(H2,20,21,22). The molecule has 1 atom stereocenters. The minimum atomic E-state index is -0.166. The third-order valence-electron chi connectivity index (χ3n) is 3.61. The maximum atomic E-state index is 11.9. The van der Waals surface area contributed by atoms with Gasteiger partial charge in [-0.05, 0) is 31.0 Å². The predicted molar refractivity (Wildman–Crippen MR) is 96.3 cm³/mol. The van der Waals surface area contributed by atoms with Crippen LogP contribution in [0.4, 0.5) is 4.79 Å². The molecule has 5 heteroatoms. The van der Waals surface area contributed by atoms with Gasteiger partial charge in [0.1, 0.15) is 6.61 Å². The van der Waals surface area contributed by atoms with Crippen molar-refractivity contribution < 1.29 is 14.3 Å². The number of rotatable bonds is 10. The van der Waals surface area contributed by atoms with E-state index in [0.717, 1.165) is 18.4 Å². The molecule has 0 spiro atoms. The van der Waals surface area contributed by atoms with Crippen molar-refractivity contribution in [2.24, 2.45) is 0 Å². The number of unbranched alkanes of at least 4 members (excludes halogenated alkanes) is 2. The first-order valence-electron chi connectivity index (χ1n) is 8.38. The lowest BCUT2D eigenvalue weighted by Crippen LogP contribution is -2.40. The summed E-state index contributed by atoms with van der Waals surface area (Å²) in [7, 11) is 1.57. The van der Waals surface area contributed by atoms with Crippen molar-refractivity contribution in [3.8, 4) is 23.8 Å². The second-order valence-corrected chi connectivity index (χ2v) is 5.70. The number of hydrogen-bond donors (Lipinski definition) is 2. The molecule has 5 nitrogen and oxygen atoms in total. The first-order valence-corrected chi connectivity index (χ1v) is 8.38. The van der Waals surface area contributed by atoms with Gasteiger partial charge in [-0.2, -0.15) is 0 Å². The van der Waals surface area contributed by atoms with Crippen molar-refractivity contribution in [2.75, 3.05) is 13.7 Å². The molecule has 2 amide bonds. The summed E-state index contributed by atoms with van der Waals surface area (Å²) in [5.74, 6) is 3.61. The van der Waals surface area contributed by atoms with Gasteiger partial charge in [0, 0.05) is 12.6 Å². The molecule has 0 aliphatic rings. The number of terminal acetylenes is 1. The Hall–Kier alpha value is -2.35. The van der Waals surface area contributed by atoms with Gasteiger partial charge in [-0.3, -0.25) is 0 Å². The average Bonchev–Trinajstić information content (AvgIpc) is 2.58. The van der Waals surface area contributed by atoms with Crippen molar-refractivity contribution in [3.63, 3.8) is 0 Å². The Morgan fingerprint density at radius 1 is 1.33 bits per heavy atom. The number of ether oxygens (including phenoxy) is 2. The van der Waals surface area contributed by atoms with Crippen LogP contribution >= 0.6 is 0 Å². The van der Waals surface area contributed by atoms with E-state index in [-0.39, 0.29) is 18.7 Å². The summed E-state index contributed by atoms with van der Waals surface area (Å²) in [5.41, 5.74) is 0.914. The van der Waals surface area contributed by atoms with E-state index in [0.29, 0.717) is 18.0 Å². The van der Waals surface area contributed by atoms with E-state index >= 15 is 0 Å². The summed E-state index contributed by atoms with van der Waals surface area (Å²) in [5, 5.41) is 5.80. The van der Waals surface area contributed by atoms with Crippen LogP contribution in [0.2, 0.25) is 0 Å². The lowest BCUT2D eigenvalue weighted by atomic mass is 10.1. The van der Waals surface area contributed by atoms with Crippen LogP contribution in [0.1, 0.15) is 45.1 Å². The predicted octanol–water partition coefficient (Wildman–Crippen LogP) is 3.48. The summed E-state index contributed by atoms with van der Waals surface area (Å²) in [4.78, 5) is 11.9. The van der Waals surface area contributed by atoms with Crippen molar-refractivity contribution >= 4 is 6.03 Å². The molecule has 0 saturated heterocycles. The second kappa shape index (κ2) is 11.2. The average molecular weight is 332 g/mol. The van der Waals surface area contributed by atoms with Crippen LogP contribution in [0.5, 0.6) is 11.5 Å². The van der Waals surface area contributed by atoms with Crippen LogP contribution in [-0.4, -0.2) is 25.8 Å². The molecule has 0 bridgehead atoms. The SMILES string of the molecule is C#CCOc1cc(CNC(=O)NC(C)CCCCC)ccc1OC. The molecular formula is C19H28N2O3. The quantitative estimate of drug-likeness (QED) is 0.509. The fourth-order valence-electron chi connectivity index (χ4n) is 2.29. The number of amides is 2. The topological polar surface area (TPSA) is 59.6 Å². The van der Waals surface area contributed by atoms with E-state index in [1.165, 1.54) is 12.8 Å². The van der Waals surface area contributed by atoms with Gasteiger partial charge in [0.2, 0.25) is 0 Å². The summed E-state index contributed by atoms with van der Waals surface area (Å²) < 4.78 is 10.7. The van der Waals surface area contributed by atoms with Crippen molar-refractivity contribution in [3.05, 3.63) is 23.8 Å². The second-order valence-electron chi connectivity index (χ2n) is 5.70. The third kappa shape index (κ3) is 7.28. The molecular weight excluding hydrogens is 304 g/mol. The first kappa shape index (κ1) is 19.7. The van der Waals surface area contributed by atoms with Gasteiger partial charge >= 0.3 is 6.03 Å². The lowest BCUT2D eigenvalue weighted by Gasteiger charge is -2.15. The van der Waals surface area contributed by atoms with Crippen LogP contribution < -0.4 is 20.1 Å². The van der Waals surface area contributed by atoms with Crippen LogP contribution in [0.15, 0.2) is 18.2 Å². The Bertz CT molecular complexity index is 552. The number of methoxy groups -OCH3 is 1. The Morgan fingerprint density at radius 2 is 2.12 bits per heavy atom. The molecule has 0 aliphatic carbocycles. The highest BCUT2D eigenvalue weighted by atomic mass is 16.5. The summed E-state index contributed by atoms with van der Waals surface area (Å²) in [6, 6.07) is 5.50. The van der Waals surface area contributed by atoms with Gasteiger partial charge < -0.3 is 20.1 Å². The summed E-state index contributed by atoms with van der Waals surface area (Å²) in [6.45, 7) is 4.77. The third-order valence-corrected chi connectivity index (χ3v) is 3.61. The fraction of sp³-hybridized carbons (Fsp3) is 0.526. The van der Waals surface area contributed by atoms with Crippen LogP contribution in [0.3, 0.4) is 0 Å². The number of benzene rings is 1. The van der Waals surface area contributed by atoms with E-state index in [2.05, 4.69) is 23.5 Å². The minimum absolute atomic E-state index is 0.166. The highest BCUT2D eigenvalue weighted by Crippen LogP contribution is 2.27. The zero-order valence-corrected chi connectivity index (χ0v) is 14.9. The molecule has 0 heterocycles. The van der Waals surface area contributed by atoms with E-state index < -0.39 is 0 Å². The molecule has 1 unspecified atom stereocenters. The number of nitrogens with one attached hydrogen (secondary N) is 2. The maximum Gasteiger partial charge on any atom is 0.315 e. The van der Waals surface area contributed by atoms with Gasteiger partial charge in [0.05, 0.1) is 7.11 Å². The molecule has 0 fully saturated rings. The largest absolute Gasteiger partial charge is 0.493 e. The smallest absolute Gasteiger partial charge is 0.315 e. The van der Waals surface area contributed by atoms with Crippen molar-refractivity contribution in [2.45, 2.75) is 52.1 Å². The van der Waals surface area contributed by atoms with Crippen LogP contribution in [0, 0.1) is 12.3 Å². The molecule has 2 N–H and O–H groups in total. The summed E-state index contributed by atoms with van der Waals surface area (Å²) >= 11 is 0. The number of carbonyl (C=O) groups is 1. The fourth-order valence-corrected chi connectivity index (χ4v) is 2.29. The zero-order chi connectivity index (χ0) is 17.8. The van der Waals surface area contributed by atoms with Crippen molar-refractivity contribution in [1.29, 1.82) is 0 Å². The minimum Gasteiger partial charge on any atom is -0.493 e. The van der Waals surface area contributed by atoms with Crippen molar-refractivity contribution in [1.82, 2.24) is 10.6 Å². The van der Waals surface area contributed by atoms with E-state index in [4.69, 9.17) is 15.9 Å². The Kier molecular flexibility index (Phi) is 9.21. The molecule has 0 aromatic heterocycles. The molecule has 0 aliphatic heterocycles. The normalized spacial score (nSPS) is 11.2. The Labute approximate surface area is 145 Å². The molecule has 24 heavy (non-hydrogen) atoms. The number of carbonyl (C=O) groups excluding carboxylic acids is 1. The van der Waals surface area contributed by atoms with Gasteiger partial charge in [-0.1, -0.05) is 38.2 Å². The van der Waals surface area contributed by atoms with Gasteiger partial charge in [0.25, 0.3) is 0 Å². The molecule has 132 valence electrons. The van der Waals surface area contributed by atoms with Crippen LogP contribution in [-0.2, 0) is 6.54 Å².